The van der Waals surface area contributed by atoms with Crippen molar-refractivity contribution >= 4 is 17.3 Å². The van der Waals surface area contributed by atoms with E-state index in [1.54, 1.807) is 6.07 Å². The highest BCUT2D eigenvalue weighted by Crippen LogP contribution is 2.36. The normalized spacial score (nSPS) is 13.9. The molecule has 106 valence electrons. The molecule has 1 aromatic carbocycles. The first-order chi connectivity index (χ1) is 9.56. The number of ketones is 1. The lowest BCUT2D eigenvalue weighted by molar-refractivity contribution is -0.117. The van der Waals surface area contributed by atoms with Gasteiger partial charge in [-0.1, -0.05) is 38.1 Å². The standard InChI is InChI=1S/C17H21NO2/c1-4-18-17(20)15-13(10-9-11(2)3)12-7-5-6-8-14(12)16(15)19/h5-8,11H,4,9-10H2,1-3H3,(H,18,20). The minimum atomic E-state index is -0.243. The average molecular weight is 271 g/mol. The largest absolute Gasteiger partial charge is 0.352 e. The Morgan fingerprint density at radius 2 is 1.85 bits per heavy atom. The average Bonchev–Trinajstić information content (AvgIpc) is 2.70. The van der Waals surface area contributed by atoms with Gasteiger partial charge in [-0.2, -0.15) is 0 Å². The summed E-state index contributed by atoms with van der Waals surface area (Å²) >= 11 is 0. The van der Waals surface area contributed by atoms with Crippen LogP contribution in [0.25, 0.3) is 5.57 Å². The molecule has 0 atom stereocenters. The van der Waals surface area contributed by atoms with Crippen LogP contribution in [0.1, 0.15) is 49.5 Å². The van der Waals surface area contributed by atoms with Gasteiger partial charge in [0.05, 0.1) is 5.57 Å². The molecule has 1 aromatic rings. The van der Waals surface area contributed by atoms with Gasteiger partial charge in [0.1, 0.15) is 0 Å². The summed E-state index contributed by atoms with van der Waals surface area (Å²) in [6, 6.07) is 7.51. The maximum absolute atomic E-state index is 12.4. The number of carbonyl (C=O) groups is 2. The molecular formula is C17H21NO2. The summed E-state index contributed by atoms with van der Waals surface area (Å²) in [5.74, 6) is 0.165. The van der Waals surface area contributed by atoms with Gasteiger partial charge in [0, 0.05) is 12.1 Å². The van der Waals surface area contributed by atoms with E-state index in [1.807, 2.05) is 25.1 Å². The van der Waals surface area contributed by atoms with Crippen molar-refractivity contribution < 1.29 is 9.59 Å². The monoisotopic (exact) mass is 271 g/mol. The SMILES string of the molecule is CCNC(=O)C1=C(CCC(C)C)c2ccccc2C1=O. The lowest BCUT2D eigenvalue weighted by atomic mass is 9.96. The predicted molar refractivity (Wildman–Crippen MR) is 80.4 cm³/mol. The molecular weight excluding hydrogens is 250 g/mol. The van der Waals surface area contributed by atoms with Gasteiger partial charge >= 0.3 is 0 Å². The van der Waals surface area contributed by atoms with E-state index < -0.39 is 0 Å². The maximum atomic E-state index is 12.4. The van der Waals surface area contributed by atoms with Crippen LogP contribution < -0.4 is 5.32 Å². The van der Waals surface area contributed by atoms with E-state index in [2.05, 4.69) is 19.2 Å². The highest BCUT2D eigenvalue weighted by atomic mass is 16.2. The zero-order chi connectivity index (χ0) is 14.7. The molecule has 3 heteroatoms. The zero-order valence-corrected chi connectivity index (χ0v) is 12.3. The minimum absolute atomic E-state index is 0.134. The van der Waals surface area contributed by atoms with E-state index >= 15 is 0 Å². The van der Waals surface area contributed by atoms with Gasteiger partial charge in [-0.05, 0) is 36.8 Å². The molecule has 0 bridgehead atoms. The fourth-order valence-electron chi connectivity index (χ4n) is 2.53. The van der Waals surface area contributed by atoms with Crippen LogP contribution in [0, 0.1) is 5.92 Å². The second-order valence-corrected chi connectivity index (χ2v) is 5.52. The molecule has 0 saturated heterocycles. The van der Waals surface area contributed by atoms with E-state index in [4.69, 9.17) is 0 Å². The summed E-state index contributed by atoms with van der Waals surface area (Å²) in [7, 11) is 0. The Morgan fingerprint density at radius 1 is 1.20 bits per heavy atom. The molecule has 0 radical (unpaired) electrons. The van der Waals surface area contributed by atoms with Crippen molar-refractivity contribution in [1.82, 2.24) is 5.32 Å². The lowest BCUT2D eigenvalue weighted by Gasteiger charge is -2.09. The Hall–Kier alpha value is -1.90. The van der Waals surface area contributed by atoms with Crippen LogP contribution in [-0.4, -0.2) is 18.2 Å². The topological polar surface area (TPSA) is 46.2 Å². The molecule has 1 N–H and O–H groups in total. The number of benzene rings is 1. The molecule has 0 spiro atoms. The molecule has 3 nitrogen and oxygen atoms in total. The number of fused-ring (bicyclic) bond motifs is 1. The quantitative estimate of drug-likeness (QED) is 0.836. The molecule has 0 unspecified atom stereocenters. The molecule has 20 heavy (non-hydrogen) atoms. The minimum Gasteiger partial charge on any atom is -0.352 e. The molecule has 1 aliphatic rings. The number of hydrogen-bond donors (Lipinski definition) is 1. The number of nitrogens with one attached hydrogen (secondary N) is 1. The number of carbonyl (C=O) groups excluding carboxylic acids is 2. The fourth-order valence-corrected chi connectivity index (χ4v) is 2.53. The van der Waals surface area contributed by atoms with Gasteiger partial charge in [-0.25, -0.2) is 0 Å². The summed E-state index contributed by atoms with van der Waals surface area (Å²) in [6.45, 7) is 6.69. The van der Waals surface area contributed by atoms with Crippen molar-refractivity contribution in [2.45, 2.75) is 33.6 Å². The third kappa shape index (κ3) is 2.67. The number of rotatable bonds is 5. The van der Waals surface area contributed by atoms with Crippen molar-refractivity contribution in [3.8, 4) is 0 Å². The Morgan fingerprint density at radius 3 is 2.45 bits per heavy atom. The van der Waals surface area contributed by atoms with Crippen molar-refractivity contribution in [2.75, 3.05) is 6.54 Å². The van der Waals surface area contributed by atoms with Crippen molar-refractivity contribution in [1.29, 1.82) is 0 Å². The van der Waals surface area contributed by atoms with Gasteiger partial charge in [-0.3, -0.25) is 9.59 Å². The van der Waals surface area contributed by atoms with E-state index in [0.717, 1.165) is 24.0 Å². The van der Waals surface area contributed by atoms with Crippen LogP contribution >= 0.6 is 0 Å². The van der Waals surface area contributed by atoms with E-state index in [1.165, 1.54) is 0 Å². The molecule has 0 aliphatic heterocycles. The maximum Gasteiger partial charge on any atom is 0.255 e. The van der Waals surface area contributed by atoms with E-state index in [9.17, 15) is 9.59 Å². The van der Waals surface area contributed by atoms with Crippen molar-refractivity contribution in [2.24, 2.45) is 5.92 Å². The number of likely N-dealkylation sites (N-methyl/N-ethyl adjacent to an activating group) is 1. The molecule has 0 fully saturated rings. The summed E-state index contributed by atoms with van der Waals surface area (Å²) in [4.78, 5) is 24.6. The molecule has 0 saturated carbocycles. The van der Waals surface area contributed by atoms with Crippen molar-refractivity contribution in [3.63, 3.8) is 0 Å². The Bertz CT molecular complexity index is 570. The third-order valence-corrected chi connectivity index (χ3v) is 3.56. The van der Waals surface area contributed by atoms with Crippen molar-refractivity contribution in [3.05, 3.63) is 41.0 Å². The molecule has 2 rings (SSSR count). The van der Waals surface area contributed by atoms with Crippen LogP contribution in [0.5, 0.6) is 0 Å². The summed E-state index contributed by atoms with van der Waals surface area (Å²) < 4.78 is 0. The van der Waals surface area contributed by atoms with E-state index in [-0.39, 0.29) is 11.7 Å². The zero-order valence-electron chi connectivity index (χ0n) is 12.3. The Labute approximate surface area is 120 Å². The van der Waals surface area contributed by atoms with Gasteiger partial charge in [0.2, 0.25) is 0 Å². The predicted octanol–water partition coefficient (Wildman–Crippen LogP) is 3.21. The first kappa shape index (κ1) is 14.5. The first-order valence-corrected chi connectivity index (χ1v) is 7.21. The summed E-state index contributed by atoms with van der Waals surface area (Å²) in [6.07, 6.45) is 1.74. The molecule has 0 heterocycles. The molecule has 0 aromatic heterocycles. The first-order valence-electron chi connectivity index (χ1n) is 7.21. The third-order valence-electron chi connectivity index (χ3n) is 3.56. The number of Topliss-reactive ketones (excluding diaryl/α,β-unsaturated/α-hetero) is 1. The number of hydrogen-bond acceptors (Lipinski definition) is 2. The van der Waals surface area contributed by atoms with Crippen LogP contribution in [0.3, 0.4) is 0 Å². The summed E-state index contributed by atoms with van der Waals surface area (Å²) in [5, 5.41) is 2.75. The fraction of sp³-hybridized carbons (Fsp3) is 0.412. The van der Waals surface area contributed by atoms with Gasteiger partial charge in [-0.15, -0.1) is 0 Å². The highest BCUT2D eigenvalue weighted by molar-refractivity contribution is 6.34. The molecule has 1 amide bonds. The number of allylic oxidation sites excluding steroid dienone is 1. The van der Waals surface area contributed by atoms with E-state index in [0.29, 0.717) is 23.6 Å². The summed E-state index contributed by atoms with van der Waals surface area (Å²) in [5.41, 5.74) is 2.84. The second kappa shape index (κ2) is 6.04. The van der Waals surface area contributed by atoms with Crippen LogP contribution in [-0.2, 0) is 4.79 Å². The van der Waals surface area contributed by atoms with Gasteiger partial charge < -0.3 is 5.32 Å². The van der Waals surface area contributed by atoms with Crippen LogP contribution in [0.15, 0.2) is 29.8 Å². The Kier molecular flexibility index (Phi) is 4.38. The van der Waals surface area contributed by atoms with Gasteiger partial charge in [0.25, 0.3) is 5.91 Å². The lowest BCUT2D eigenvalue weighted by Crippen LogP contribution is -2.27. The number of amides is 1. The van der Waals surface area contributed by atoms with Crippen LogP contribution in [0.2, 0.25) is 0 Å². The Balaban J connectivity index is 2.43. The highest BCUT2D eigenvalue weighted by Gasteiger charge is 2.32. The smallest absolute Gasteiger partial charge is 0.255 e. The molecule has 1 aliphatic carbocycles. The van der Waals surface area contributed by atoms with Crippen LogP contribution in [0.4, 0.5) is 0 Å². The second-order valence-electron chi connectivity index (χ2n) is 5.52. The van der Waals surface area contributed by atoms with Gasteiger partial charge in [0.15, 0.2) is 5.78 Å².